The van der Waals surface area contributed by atoms with Crippen LogP contribution in [0.25, 0.3) is 0 Å². The van der Waals surface area contributed by atoms with E-state index in [-0.39, 0.29) is 0 Å². The SMILES string of the molecule is C/C(=N/Nc1nc(C)cc(C2CC2)n1)c1ccccc1Cl. The van der Waals surface area contributed by atoms with Crippen molar-refractivity contribution in [3.8, 4) is 0 Å². The van der Waals surface area contributed by atoms with E-state index in [0.717, 1.165) is 22.7 Å². The summed E-state index contributed by atoms with van der Waals surface area (Å²) in [4.78, 5) is 8.89. The van der Waals surface area contributed by atoms with Gasteiger partial charge in [0.1, 0.15) is 0 Å². The van der Waals surface area contributed by atoms with Gasteiger partial charge >= 0.3 is 0 Å². The van der Waals surface area contributed by atoms with Crippen molar-refractivity contribution in [2.45, 2.75) is 32.6 Å². The van der Waals surface area contributed by atoms with Crippen LogP contribution in [-0.4, -0.2) is 15.7 Å². The van der Waals surface area contributed by atoms with Crippen LogP contribution in [0.3, 0.4) is 0 Å². The highest BCUT2D eigenvalue weighted by Crippen LogP contribution is 2.39. The molecule has 1 aliphatic carbocycles. The second-order valence-corrected chi connectivity index (χ2v) is 5.73. The first-order valence-corrected chi connectivity index (χ1v) is 7.42. The molecule has 0 bridgehead atoms. The van der Waals surface area contributed by atoms with Crippen molar-refractivity contribution in [3.05, 3.63) is 52.3 Å². The minimum Gasteiger partial charge on any atom is -0.245 e. The molecule has 2 aromatic rings. The summed E-state index contributed by atoms with van der Waals surface area (Å²) in [5.74, 6) is 1.14. The van der Waals surface area contributed by atoms with E-state index >= 15 is 0 Å². The molecule has 0 amide bonds. The fourth-order valence-electron chi connectivity index (χ4n) is 2.18. The number of anilines is 1. The number of hydrogen-bond acceptors (Lipinski definition) is 4. The van der Waals surface area contributed by atoms with Gasteiger partial charge in [-0.2, -0.15) is 5.10 Å². The number of hydrogen-bond donors (Lipinski definition) is 1. The monoisotopic (exact) mass is 300 g/mol. The van der Waals surface area contributed by atoms with Crippen molar-refractivity contribution < 1.29 is 0 Å². The molecule has 3 rings (SSSR count). The Labute approximate surface area is 129 Å². The molecule has 1 N–H and O–H groups in total. The number of rotatable bonds is 4. The smallest absolute Gasteiger partial charge is 0.243 e. The van der Waals surface area contributed by atoms with Crippen LogP contribution in [0, 0.1) is 6.92 Å². The van der Waals surface area contributed by atoms with Crippen LogP contribution in [0.2, 0.25) is 5.02 Å². The molecule has 0 atom stereocenters. The summed E-state index contributed by atoms with van der Waals surface area (Å²) in [5.41, 5.74) is 6.72. The lowest BCUT2D eigenvalue weighted by molar-refractivity contribution is 0.960. The molecule has 1 aromatic carbocycles. The molecule has 5 heteroatoms. The highest BCUT2D eigenvalue weighted by Gasteiger charge is 2.25. The van der Waals surface area contributed by atoms with Crippen molar-refractivity contribution in [3.63, 3.8) is 0 Å². The van der Waals surface area contributed by atoms with Gasteiger partial charge in [0.2, 0.25) is 5.95 Å². The van der Waals surface area contributed by atoms with Crippen molar-refractivity contribution in [1.82, 2.24) is 9.97 Å². The Morgan fingerprint density at radius 2 is 2.05 bits per heavy atom. The second-order valence-electron chi connectivity index (χ2n) is 5.32. The molecular formula is C16H17ClN4. The minimum absolute atomic E-state index is 0.545. The topological polar surface area (TPSA) is 50.2 Å². The zero-order chi connectivity index (χ0) is 14.8. The minimum atomic E-state index is 0.545. The molecule has 0 unspecified atom stereocenters. The van der Waals surface area contributed by atoms with E-state index in [4.69, 9.17) is 11.6 Å². The summed E-state index contributed by atoms with van der Waals surface area (Å²) in [7, 11) is 0. The lowest BCUT2D eigenvalue weighted by Crippen LogP contribution is -2.05. The highest BCUT2D eigenvalue weighted by atomic mass is 35.5. The first kappa shape index (κ1) is 14.0. The summed E-state index contributed by atoms with van der Waals surface area (Å²) in [5, 5.41) is 5.03. The van der Waals surface area contributed by atoms with Crippen LogP contribution in [0.5, 0.6) is 0 Å². The van der Waals surface area contributed by atoms with Crippen molar-refractivity contribution in [2.24, 2.45) is 5.10 Å². The Balaban J connectivity index is 1.80. The normalized spacial score (nSPS) is 15.1. The number of halogens is 1. The van der Waals surface area contributed by atoms with E-state index in [2.05, 4.69) is 20.5 Å². The van der Waals surface area contributed by atoms with Crippen LogP contribution in [0.15, 0.2) is 35.4 Å². The maximum Gasteiger partial charge on any atom is 0.243 e. The molecule has 1 aromatic heterocycles. The number of aryl methyl sites for hydroxylation is 1. The molecule has 0 radical (unpaired) electrons. The molecule has 0 aliphatic heterocycles. The third-order valence-corrected chi connectivity index (χ3v) is 3.79. The van der Waals surface area contributed by atoms with Crippen LogP contribution in [0.4, 0.5) is 5.95 Å². The van der Waals surface area contributed by atoms with Gasteiger partial charge in [0.05, 0.1) is 5.71 Å². The van der Waals surface area contributed by atoms with E-state index in [1.165, 1.54) is 12.8 Å². The lowest BCUT2D eigenvalue weighted by Gasteiger charge is -2.06. The predicted octanol–water partition coefficient (Wildman–Crippen LogP) is 4.15. The van der Waals surface area contributed by atoms with Crippen LogP contribution < -0.4 is 5.43 Å². The van der Waals surface area contributed by atoms with Crippen LogP contribution in [-0.2, 0) is 0 Å². The van der Waals surface area contributed by atoms with Gasteiger partial charge in [-0.1, -0.05) is 29.8 Å². The number of hydrazone groups is 1. The first-order chi connectivity index (χ1) is 10.1. The van der Waals surface area contributed by atoms with Crippen molar-refractivity contribution >= 4 is 23.3 Å². The number of aromatic nitrogens is 2. The summed E-state index contributed by atoms with van der Waals surface area (Å²) in [6.07, 6.45) is 2.44. The van der Waals surface area contributed by atoms with Gasteiger partial charge in [-0.3, -0.25) is 0 Å². The van der Waals surface area contributed by atoms with Gasteiger partial charge in [-0.15, -0.1) is 0 Å². The van der Waals surface area contributed by atoms with Gasteiger partial charge in [-0.05, 0) is 38.8 Å². The van der Waals surface area contributed by atoms with E-state index in [0.29, 0.717) is 16.9 Å². The molecular weight excluding hydrogens is 284 g/mol. The molecule has 1 saturated carbocycles. The Morgan fingerprint density at radius 3 is 2.76 bits per heavy atom. The molecule has 1 fully saturated rings. The van der Waals surface area contributed by atoms with Gasteiger partial charge in [-0.25, -0.2) is 15.4 Å². The summed E-state index contributed by atoms with van der Waals surface area (Å²) < 4.78 is 0. The number of benzene rings is 1. The largest absolute Gasteiger partial charge is 0.245 e. The Kier molecular flexibility index (Phi) is 3.88. The molecule has 4 nitrogen and oxygen atoms in total. The summed E-state index contributed by atoms with van der Waals surface area (Å²) in [6.45, 7) is 3.88. The Hall–Kier alpha value is -1.94. The fraction of sp³-hybridized carbons (Fsp3) is 0.312. The number of nitrogens with zero attached hydrogens (tertiary/aromatic N) is 3. The second kappa shape index (κ2) is 5.82. The Morgan fingerprint density at radius 1 is 1.29 bits per heavy atom. The fourth-order valence-corrected chi connectivity index (χ4v) is 2.45. The third kappa shape index (κ3) is 3.39. The molecule has 1 heterocycles. The Bertz CT molecular complexity index is 692. The van der Waals surface area contributed by atoms with E-state index in [1.54, 1.807) is 0 Å². The highest BCUT2D eigenvalue weighted by molar-refractivity contribution is 6.34. The molecule has 0 saturated heterocycles. The lowest BCUT2D eigenvalue weighted by atomic mass is 10.1. The van der Waals surface area contributed by atoms with Gasteiger partial charge in [0.15, 0.2) is 0 Å². The van der Waals surface area contributed by atoms with E-state index in [9.17, 15) is 0 Å². The maximum atomic E-state index is 6.16. The zero-order valence-electron chi connectivity index (χ0n) is 12.1. The zero-order valence-corrected chi connectivity index (χ0v) is 12.9. The van der Waals surface area contributed by atoms with Crippen LogP contribution >= 0.6 is 11.6 Å². The molecule has 108 valence electrons. The van der Waals surface area contributed by atoms with Crippen molar-refractivity contribution in [2.75, 3.05) is 5.43 Å². The van der Waals surface area contributed by atoms with E-state index < -0.39 is 0 Å². The first-order valence-electron chi connectivity index (χ1n) is 7.04. The quantitative estimate of drug-likeness (QED) is 0.681. The summed E-state index contributed by atoms with van der Waals surface area (Å²) >= 11 is 6.16. The van der Waals surface area contributed by atoms with Crippen molar-refractivity contribution in [1.29, 1.82) is 0 Å². The number of nitrogens with one attached hydrogen (secondary N) is 1. The average Bonchev–Trinajstić information content (AvgIpc) is 3.29. The van der Waals surface area contributed by atoms with Gasteiger partial charge in [0, 0.05) is 27.9 Å². The predicted molar refractivity (Wildman–Crippen MR) is 86.0 cm³/mol. The maximum absolute atomic E-state index is 6.16. The third-order valence-electron chi connectivity index (χ3n) is 3.46. The standard InChI is InChI=1S/C16H17ClN4/c1-10-9-15(12-7-8-12)19-16(18-10)21-20-11(2)13-5-3-4-6-14(13)17/h3-6,9,12H,7-8H2,1-2H3,(H,18,19,21)/b20-11-. The molecule has 0 spiro atoms. The average molecular weight is 301 g/mol. The molecule has 1 aliphatic rings. The van der Waals surface area contributed by atoms with Gasteiger partial charge < -0.3 is 0 Å². The van der Waals surface area contributed by atoms with Crippen LogP contribution in [0.1, 0.15) is 42.6 Å². The molecule has 21 heavy (non-hydrogen) atoms. The van der Waals surface area contributed by atoms with E-state index in [1.807, 2.05) is 44.2 Å². The summed E-state index contributed by atoms with van der Waals surface area (Å²) in [6, 6.07) is 9.68. The van der Waals surface area contributed by atoms with Gasteiger partial charge in [0.25, 0.3) is 0 Å².